The first-order chi connectivity index (χ1) is 13.8. The predicted octanol–water partition coefficient (Wildman–Crippen LogP) is 1.41. The molecule has 1 heterocycles. The van der Waals surface area contributed by atoms with Crippen LogP contribution in [-0.4, -0.2) is 4.16 Å². The molecule has 0 radical (unpaired) electrons. The smallest absolute Gasteiger partial charge is 0.0454 e. The number of halogens is 3. The molecular formula is C24H15BrCl2S2Zr-2. The van der Waals surface area contributed by atoms with Crippen LogP contribution in [0.15, 0.2) is 71.6 Å². The van der Waals surface area contributed by atoms with Crippen LogP contribution in [0.25, 0.3) is 22.8 Å². The van der Waals surface area contributed by atoms with Gasteiger partial charge in [-0.25, -0.2) is 0 Å². The molecule has 0 nitrogen and oxygen atoms in total. The van der Waals surface area contributed by atoms with E-state index in [-0.39, 0.29) is 24.8 Å². The van der Waals surface area contributed by atoms with Gasteiger partial charge in [0.2, 0.25) is 0 Å². The Morgan fingerprint density at radius 3 is 2.37 bits per heavy atom. The molecule has 1 unspecified atom stereocenters. The molecule has 0 spiro atoms. The Labute approximate surface area is 221 Å². The third kappa shape index (κ3) is 5.34. The molecule has 0 amide bonds. The first kappa shape index (κ1) is 25.9. The van der Waals surface area contributed by atoms with Crippen LogP contribution in [0.4, 0.5) is 0 Å². The van der Waals surface area contributed by atoms with Crippen molar-refractivity contribution in [3.63, 3.8) is 0 Å². The van der Waals surface area contributed by atoms with E-state index in [1.54, 1.807) is 0 Å². The molecular weight excluding hydrogens is 594 g/mol. The summed E-state index contributed by atoms with van der Waals surface area (Å²) in [5.41, 5.74) is 9.42. The van der Waals surface area contributed by atoms with E-state index in [0.29, 0.717) is 4.16 Å². The zero-order valence-corrected chi connectivity index (χ0v) is 22.9. The van der Waals surface area contributed by atoms with Crippen LogP contribution < -0.4 is 24.8 Å². The number of hydrogen-bond donors (Lipinski definition) is 0. The van der Waals surface area contributed by atoms with E-state index in [1.807, 2.05) is 17.8 Å². The molecule has 0 fully saturated rings. The summed E-state index contributed by atoms with van der Waals surface area (Å²) < 4.78 is 0.335. The van der Waals surface area contributed by atoms with E-state index in [9.17, 15) is 0 Å². The van der Waals surface area contributed by atoms with Gasteiger partial charge in [-0.2, -0.15) is 23.4 Å². The molecule has 3 aromatic rings. The molecule has 0 aromatic heterocycles. The van der Waals surface area contributed by atoms with Crippen molar-refractivity contribution in [3.05, 3.63) is 106 Å². The van der Waals surface area contributed by atoms with Crippen LogP contribution in [-0.2, 0) is 29.1 Å². The quantitative estimate of drug-likeness (QED) is 0.219. The molecule has 6 rings (SSSR count). The molecule has 3 aromatic carbocycles. The molecule has 6 heteroatoms. The second kappa shape index (κ2) is 12.0. The Hall–Kier alpha value is -0.347. The largest absolute Gasteiger partial charge is 0.147 e. The first-order valence-electron chi connectivity index (χ1n) is 8.83. The number of thioether (sulfide) groups is 1. The molecule has 0 saturated heterocycles. The minimum atomic E-state index is 0. The van der Waals surface area contributed by atoms with Gasteiger partial charge in [-0.1, -0.05) is 80.0 Å². The fraction of sp³-hybridized carbons (Fsp3) is 0.0833. The van der Waals surface area contributed by atoms with Crippen molar-refractivity contribution in [1.82, 2.24) is 0 Å². The Bertz CT molecular complexity index is 1050. The van der Waals surface area contributed by atoms with Gasteiger partial charge in [0.1, 0.15) is 0 Å². The summed E-state index contributed by atoms with van der Waals surface area (Å²) >= 11 is 6.49. The normalized spacial score (nSPS) is 15.8. The van der Waals surface area contributed by atoms with Crippen molar-refractivity contribution < 1.29 is 47.5 Å². The van der Waals surface area contributed by atoms with E-state index in [2.05, 4.69) is 104 Å². The van der Waals surface area contributed by atoms with Gasteiger partial charge < -0.3 is 24.8 Å². The third-order valence-corrected chi connectivity index (χ3v) is 6.55. The first-order valence-corrected chi connectivity index (χ1v) is 14.0. The van der Waals surface area contributed by atoms with Gasteiger partial charge in [0.25, 0.3) is 0 Å². The van der Waals surface area contributed by atoms with Gasteiger partial charge in [-0.15, -0.1) is 53.1 Å². The Balaban J connectivity index is 0.000000186. The molecule has 1 atom stereocenters. The number of benzene rings is 3. The molecule has 150 valence electrons. The van der Waals surface area contributed by atoms with Crippen molar-refractivity contribution in [2.75, 3.05) is 0 Å². The summed E-state index contributed by atoms with van der Waals surface area (Å²) in [6.07, 6.45) is 6.71. The number of fused-ring (bicyclic) bond motifs is 6. The molecule has 30 heavy (non-hydrogen) atoms. The zero-order valence-electron chi connectivity index (χ0n) is 15.7. The van der Waals surface area contributed by atoms with Gasteiger partial charge in [-0.05, 0) is 6.42 Å². The van der Waals surface area contributed by atoms with Crippen LogP contribution in [0.3, 0.4) is 0 Å². The van der Waals surface area contributed by atoms with Crippen LogP contribution in [0.2, 0.25) is 0 Å². The summed E-state index contributed by atoms with van der Waals surface area (Å²) in [5.74, 6) is 0. The van der Waals surface area contributed by atoms with Crippen molar-refractivity contribution in [2.45, 2.75) is 10.6 Å². The maximum absolute atomic E-state index is 4.17. The number of rotatable bonds is 0. The molecule has 3 aliphatic rings. The van der Waals surface area contributed by atoms with Crippen molar-refractivity contribution in [1.29, 1.82) is 0 Å². The van der Waals surface area contributed by atoms with Crippen LogP contribution in [0.1, 0.15) is 22.3 Å². The van der Waals surface area contributed by atoms with E-state index in [4.69, 9.17) is 0 Å². The Morgan fingerprint density at radius 2 is 1.57 bits per heavy atom. The predicted molar refractivity (Wildman–Crippen MR) is 122 cm³/mol. The number of hydrogen-bond acceptors (Lipinski definition) is 2. The van der Waals surface area contributed by atoms with Gasteiger partial charge in [0.05, 0.1) is 0 Å². The fourth-order valence-corrected chi connectivity index (χ4v) is 5.40. The molecule has 0 saturated carbocycles. The fourth-order valence-electron chi connectivity index (χ4n) is 3.69. The van der Waals surface area contributed by atoms with Crippen molar-refractivity contribution in [3.8, 4) is 11.1 Å². The maximum atomic E-state index is 4.17. The summed E-state index contributed by atoms with van der Waals surface area (Å²) in [4.78, 5) is 1.35. The van der Waals surface area contributed by atoms with Gasteiger partial charge >= 0.3 is 31.5 Å². The van der Waals surface area contributed by atoms with E-state index < -0.39 is 0 Å². The summed E-state index contributed by atoms with van der Waals surface area (Å²) in [7, 11) is 4.17. The second-order valence-electron chi connectivity index (χ2n) is 6.45. The van der Waals surface area contributed by atoms with Crippen LogP contribution in [0, 0.1) is 12.1 Å². The number of allylic oxidation sites excluding steroid dienone is 1. The van der Waals surface area contributed by atoms with Crippen molar-refractivity contribution >= 4 is 48.2 Å². The monoisotopic (exact) mass is 606 g/mol. The van der Waals surface area contributed by atoms with Gasteiger partial charge in [-0.3, -0.25) is 0 Å². The minimum absolute atomic E-state index is 0. The third-order valence-electron chi connectivity index (χ3n) is 4.86. The standard InChI is InChI=1S/C13H9.C11H6BrS.2ClH.S.Zr/c1-3-7-12-10(5-1)9-11-6-2-4-8-13(11)12;12-11-6-9-8-4-2-1-3-7(8)5-10(9)13-11;;;;/h1-7H,9H2;1-5,11H;2*1H;;/q2*-1;;;;+2/p-2. The Kier molecular flexibility index (Phi) is 10.4. The molecule has 1 aliphatic heterocycles. The van der Waals surface area contributed by atoms with Crippen LogP contribution >= 0.6 is 36.5 Å². The van der Waals surface area contributed by atoms with Gasteiger partial charge in [0.15, 0.2) is 0 Å². The molecule has 0 N–H and O–H groups in total. The summed E-state index contributed by atoms with van der Waals surface area (Å²) in [6.45, 7) is 0. The second-order valence-corrected chi connectivity index (χ2v) is 9.12. The summed E-state index contributed by atoms with van der Waals surface area (Å²) in [5, 5.41) is 0. The van der Waals surface area contributed by atoms with Crippen LogP contribution in [0.5, 0.6) is 0 Å². The van der Waals surface area contributed by atoms with E-state index >= 15 is 0 Å². The van der Waals surface area contributed by atoms with E-state index in [1.165, 1.54) is 43.9 Å². The molecule has 2 aliphatic carbocycles. The minimum Gasteiger partial charge on any atom is -0.147 e. The molecule has 0 bridgehead atoms. The van der Waals surface area contributed by atoms with Gasteiger partial charge in [0, 0.05) is 4.16 Å². The maximum Gasteiger partial charge on any atom is -0.0454 e. The SMILES string of the molecule is BrC1[C-]=C2C(=Cc3ccccc32)S1.[Cl-].[Cl-].[S]=[Zr+2].[c-]1cccc2c1-c1ccccc1C2. The summed E-state index contributed by atoms with van der Waals surface area (Å²) in [6, 6.07) is 26.6. The number of alkyl halides is 1. The van der Waals surface area contributed by atoms with E-state index in [0.717, 1.165) is 29.1 Å². The van der Waals surface area contributed by atoms with Crippen molar-refractivity contribution in [2.24, 2.45) is 0 Å². The average molecular weight is 610 g/mol. The zero-order chi connectivity index (χ0) is 19.5. The Morgan fingerprint density at radius 1 is 0.900 bits per heavy atom. The average Bonchev–Trinajstić information content (AvgIpc) is 3.40. The topological polar surface area (TPSA) is 0 Å².